The van der Waals surface area contributed by atoms with Gasteiger partial charge in [0.15, 0.2) is 0 Å². The summed E-state index contributed by atoms with van der Waals surface area (Å²) in [6, 6.07) is 5.71. The molecule has 0 amide bonds. The molecule has 0 spiro atoms. The fourth-order valence-electron chi connectivity index (χ4n) is 1.14. The highest BCUT2D eigenvalue weighted by atomic mass is 127. The van der Waals surface area contributed by atoms with E-state index < -0.39 is 0 Å². The second kappa shape index (κ2) is 4.12. The van der Waals surface area contributed by atoms with Crippen molar-refractivity contribution in [2.75, 3.05) is 0 Å². The molecular formula is C10H13IO. The molecule has 0 saturated heterocycles. The highest BCUT2D eigenvalue weighted by Crippen LogP contribution is 2.29. The standard InChI is InChI=1S/C10H13IO/c1-3-7(2)8-5-4-6-9(12)10(8)11/h4-7,12H,3H2,1-2H3. The predicted octanol–water partition coefficient (Wildman–Crippen LogP) is 3.51. The maximum absolute atomic E-state index is 9.44. The van der Waals surface area contributed by atoms with Crippen LogP contribution in [-0.2, 0) is 0 Å². The highest BCUT2D eigenvalue weighted by molar-refractivity contribution is 14.1. The van der Waals surface area contributed by atoms with E-state index >= 15 is 0 Å². The third-order valence-electron chi connectivity index (χ3n) is 2.15. The van der Waals surface area contributed by atoms with Crippen LogP contribution in [0.2, 0.25) is 0 Å². The summed E-state index contributed by atoms with van der Waals surface area (Å²) < 4.78 is 0.990. The molecule has 1 atom stereocenters. The summed E-state index contributed by atoms with van der Waals surface area (Å²) in [4.78, 5) is 0. The predicted molar refractivity (Wildman–Crippen MR) is 59.5 cm³/mol. The van der Waals surface area contributed by atoms with Gasteiger partial charge in [0.2, 0.25) is 0 Å². The second-order valence-electron chi connectivity index (χ2n) is 2.99. The van der Waals surface area contributed by atoms with Gasteiger partial charge in [-0.3, -0.25) is 0 Å². The van der Waals surface area contributed by atoms with E-state index in [9.17, 15) is 5.11 Å². The lowest BCUT2D eigenvalue weighted by atomic mass is 9.99. The first-order chi connectivity index (χ1) is 5.66. The van der Waals surface area contributed by atoms with Crippen molar-refractivity contribution in [1.82, 2.24) is 0 Å². The molecule has 1 unspecified atom stereocenters. The van der Waals surface area contributed by atoms with E-state index in [4.69, 9.17) is 0 Å². The summed E-state index contributed by atoms with van der Waals surface area (Å²) in [7, 11) is 0. The minimum absolute atomic E-state index is 0.397. The Morgan fingerprint density at radius 2 is 2.17 bits per heavy atom. The molecule has 0 aliphatic carbocycles. The van der Waals surface area contributed by atoms with Crippen molar-refractivity contribution in [3.8, 4) is 5.75 Å². The third kappa shape index (κ3) is 1.91. The number of phenols is 1. The van der Waals surface area contributed by atoms with Crippen molar-refractivity contribution in [2.45, 2.75) is 26.2 Å². The van der Waals surface area contributed by atoms with Crippen LogP contribution < -0.4 is 0 Å². The molecule has 1 aromatic rings. The molecule has 1 rings (SSSR count). The first kappa shape index (κ1) is 9.84. The van der Waals surface area contributed by atoms with Crippen molar-refractivity contribution in [2.24, 2.45) is 0 Å². The zero-order chi connectivity index (χ0) is 9.14. The number of rotatable bonds is 2. The monoisotopic (exact) mass is 276 g/mol. The Kier molecular flexibility index (Phi) is 3.38. The van der Waals surface area contributed by atoms with Crippen LogP contribution in [-0.4, -0.2) is 5.11 Å². The zero-order valence-corrected chi connectivity index (χ0v) is 9.50. The molecule has 0 fully saturated rings. The Balaban J connectivity index is 3.07. The number of benzene rings is 1. The molecule has 0 aliphatic heterocycles. The number of halogens is 1. The summed E-state index contributed by atoms with van der Waals surface area (Å²) in [5.41, 5.74) is 1.25. The quantitative estimate of drug-likeness (QED) is 0.819. The molecule has 66 valence electrons. The minimum atomic E-state index is 0.397. The van der Waals surface area contributed by atoms with E-state index in [1.165, 1.54) is 5.56 Å². The number of hydrogen-bond donors (Lipinski definition) is 1. The van der Waals surface area contributed by atoms with Gasteiger partial charge in [0, 0.05) is 0 Å². The average molecular weight is 276 g/mol. The first-order valence-electron chi connectivity index (χ1n) is 4.14. The van der Waals surface area contributed by atoms with Gasteiger partial charge in [-0.1, -0.05) is 26.0 Å². The van der Waals surface area contributed by atoms with Crippen molar-refractivity contribution in [1.29, 1.82) is 0 Å². The summed E-state index contributed by atoms with van der Waals surface area (Å²) in [6.45, 7) is 4.34. The molecule has 1 nitrogen and oxygen atoms in total. The van der Waals surface area contributed by atoms with Crippen molar-refractivity contribution in [3.05, 3.63) is 27.3 Å². The van der Waals surface area contributed by atoms with Crippen molar-refractivity contribution < 1.29 is 5.11 Å². The van der Waals surface area contributed by atoms with Crippen LogP contribution in [0.3, 0.4) is 0 Å². The van der Waals surface area contributed by atoms with Gasteiger partial charge in [-0.25, -0.2) is 0 Å². The fourth-order valence-corrected chi connectivity index (χ4v) is 2.03. The van der Waals surface area contributed by atoms with Gasteiger partial charge in [0.25, 0.3) is 0 Å². The van der Waals surface area contributed by atoms with Crippen LogP contribution in [0.25, 0.3) is 0 Å². The lowest BCUT2D eigenvalue weighted by Crippen LogP contribution is -1.94. The summed E-state index contributed by atoms with van der Waals surface area (Å²) in [5, 5.41) is 9.44. The molecule has 0 heterocycles. The Labute approximate surface area is 86.9 Å². The normalized spacial score (nSPS) is 12.9. The number of hydrogen-bond acceptors (Lipinski definition) is 1. The molecule has 0 bridgehead atoms. The summed E-state index contributed by atoms with van der Waals surface area (Å²) in [6.07, 6.45) is 1.11. The smallest absolute Gasteiger partial charge is 0.129 e. The molecule has 12 heavy (non-hydrogen) atoms. The largest absolute Gasteiger partial charge is 0.507 e. The van der Waals surface area contributed by atoms with Crippen LogP contribution >= 0.6 is 22.6 Å². The van der Waals surface area contributed by atoms with Gasteiger partial charge in [0.1, 0.15) is 5.75 Å². The van der Waals surface area contributed by atoms with E-state index in [-0.39, 0.29) is 0 Å². The molecule has 0 radical (unpaired) electrons. The Morgan fingerprint density at radius 3 is 2.75 bits per heavy atom. The average Bonchev–Trinajstić information content (AvgIpc) is 2.08. The molecule has 0 aromatic heterocycles. The lowest BCUT2D eigenvalue weighted by molar-refractivity contribution is 0.469. The molecular weight excluding hydrogens is 263 g/mol. The van der Waals surface area contributed by atoms with Gasteiger partial charge >= 0.3 is 0 Å². The molecule has 0 aliphatic rings. The SMILES string of the molecule is CCC(C)c1cccc(O)c1I. The Bertz CT molecular complexity index is 271. The van der Waals surface area contributed by atoms with Crippen LogP contribution in [0.5, 0.6) is 5.75 Å². The van der Waals surface area contributed by atoms with Gasteiger partial charge < -0.3 is 5.11 Å². The zero-order valence-electron chi connectivity index (χ0n) is 7.34. The fraction of sp³-hybridized carbons (Fsp3) is 0.400. The lowest BCUT2D eigenvalue weighted by Gasteiger charge is -2.11. The maximum Gasteiger partial charge on any atom is 0.129 e. The van der Waals surface area contributed by atoms with Crippen molar-refractivity contribution >= 4 is 22.6 Å². The topological polar surface area (TPSA) is 20.2 Å². The van der Waals surface area contributed by atoms with E-state index in [0.29, 0.717) is 11.7 Å². The Hall–Kier alpha value is -0.250. The van der Waals surface area contributed by atoms with Gasteiger partial charge in [-0.05, 0) is 46.6 Å². The minimum Gasteiger partial charge on any atom is -0.507 e. The molecule has 1 N–H and O–H groups in total. The molecule has 0 saturated carbocycles. The number of phenolic OH excluding ortho intramolecular Hbond substituents is 1. The number of aromatic hydroxyl groups is 1. The van der Waals surface area contributed by atoms with Crippen LogP contribution in [0, 0.1) is 3.57 Å². The third-order valence-corrected chi connectivity index (χ3v) is 3.33. The summed E-state index contributed by atoms with van der Waals surface area (Å²) >= 11 is 2.19. The van der Waals surface area contributed by atoms with E-state index in [1.54, 1.807) is 6.07 Å². The Morgan fingerprint density at radius 1 is 1.50 bits per heavy atom. The van der Waals surface area contributed by atoms with Crippen LogP contribution in [0.15, 0.2) is 18.2 Å². The summed E-state index contributed by atoms with van der Waals surface area (Å²) in [5.74, 6) is 0.928. The molecule has 2 heteroatoms. The van der Waals surface area contributed by atoms with Crippen molar-refractivity contribution in [3.63, 3.8) is 0 Å². The maximum atomic E-state index is 9.44. The van der Waals surface area contributed by atoms with E-state index in [1.807, 2.05) is 6.07 Å². The highest BCUT2D eigenvalue weighted by Gasteiger charge is 2.09. The first-order valence-corrected chi connectivity index (χ1v) is 5.22. The van der Waals surface area contributed by atoms with Gasteiger partial charge in [-0.15, -0.1) is 0 Å². The van der Waals surface area contributed by atoms with Gasteiger partial charge in [-0.2, -0.15) is 0 Å². The van der Waals surface area contributed by atoms with Crippen LogP contribution in [0.1, 0.15) is 31.7 Å². The second-order valence-corrected chi connectivity index (χ2v) is 4.07. The van der Waals surface area contributed by atoms with E-state index in [0.717, 1.165) is 9.99 Å². The molecule has 1 aromatic carbocycles. The van der Waals surface area contributed by atoms with Crippen LogP contribution in [0.4, 0.5) is 0 Å². The van der Waals surface area contributed by atoms with Gasteiger partial charge in [0.05, 0.1) is 3.57 Å². The van der Waals surface area contributed by atoms with E-state index in [2.05, 4.69) is 42.5 Å².